The second kappa shape index (κ2) is 7.93. The molecule has 0 spiro atoms. The van der Waals surface area contributed by atoms with Crippen LogP contribution in [0.25, 0.3) is 0 Å². The number of nitrogens with one attached hydrogen (secondary N) is 2. The third kappa shape index (κ3) is 3.86. The molecule has 4 N–H and O–H groups in total. The first-order valence-electron chi connectivity index (χ1n) is 7.99. The van der Waals surface area contributed by atoms with E-state index in [-0.39, 0.29) is 0 Å². The molecule has 0 aliphatic heterocycles. The maximum Gasteiger partial charge on any atom is 0.340 e. The summed E-state index contributed by atoms with van der Waals surface area (Å²) >= 11 is 0. The van der Waals surface area contributed by atoms with E-state index in [1.165, 1.54) is 6.33 Å². The predicted molar refractivity (Wildman–Crippen MR) is 99.6 cm³/mol. The van der Waals surface area contributed by atoms with Gasteiger partial charge in [-0.05, 0) is 31.2 Å². The van der Waals surface area contributed by atoms with Crippen molar-refractivity contribution in [3.05, 3.63) is 60.7 Å². The standard InChI is InChI=1S/C18H18N6O2/c1-2-26-18(25)13-5-3-4-6-14(13)24-17-15(19)16(21-11-22-17)23-12-7-9-20-10-8-12/h3-11H,2,19H2,1H3,(H2,20,21,22,23,24). The Kier molecular flexibility index (Phi) is 5.23. The van der Waals surface area contributed by atoms with E-state index in [1.807, 2.05) is 0 Å². The Morgan fingerprint density at radius 3 is 2.50 bits per heavy atom. The van der Waals surface area contributed by atoms with Crippen molar-refractivity contribution in [3.63, 3.8) is 0 Å². The molecule has 1 aromatic carbocycles. The number of aromatic nitrogens is 3. The average Bonchev–Trinajstić information content (AvgIpc) is 2.66. The largest absolute Gasteiger partial charge is 0.462 e. The van der Waals surface area contributed by atoms with Gasteiger partial charge in [-0.3, -0.25) is 4.98 Å². The van der Waals surface area contributed by atoms with Gasteiger partial charge in [0.1, 0.15) is 12.0 Å². The number of para-hydroxylation sites is 1. The van der Waals surface area contributed by atoms with Crippen LogP contribution in [0.5, 0.6) is 0 Å². The van der Waals surface area contributed by atoms with Crippen molar-refractivity contribution in [3.8, 4) is 0 Å². The molecule has 2 aromatic heterocycles. The maximum absolute atomic E-state index is 12.1. The van der Waals surface area contributed by atoms with E-state index < -0.39 is 5.97 Å². The van der Waals surface area contributed by atoms with E-state index in [4.69, 9.17) is 10.5 Å². The molecule has 0 unspecified atom stereocenters. The fourth-order valence-corrected chi connectivity index (χ4v) is 2.27. The summed E-state index contributed by atoms with van der Waals surface area (Å²) in [5.74, 6) is 0.411. The minimum Gasteiger partial charge on any atom is -0.462 e. The third-order valence-corrected chi connectivity index (χ3v) is 3.50. The lowest BCUT2D eigenvalue weighted by Gasteiger charge is -2.14. The number of carbonyl (C=O) groups excluding carboxylic acids is 1. The fourth-order valence-electron chi connectivity index (χ4n) is 2.27. The van der Waals surface area contributed by atoms with Crippen LogP contribution in [0.15, 0.2) is 55.1 Å². The Bertz CT molecular complexity index is 901. The van der Waals surface area contributed by atoms with Gasteiger partial charge in [0.15, 0.2) is 11.6 Å². The van der Waals surface area contributed by atoms with Crippen molar-refractivity contribution < 1.29 is 9.53 Å². The normalized spacial score (nSPS) is 10.2. The molecule has 0 saturated carbocycles. The van der Waals surface area contributed by atoms with E-state index in [2.05, 4.69) is 25.6 Å². The van der Waals surface area contributed by atoms with Crippen LogP contribution >= 0.6 is 0 Å². The molecule has 0 atom stereocenters. The quantitative estimate of drug-likeness (QED) is 0.581. The zero-order valence-corrected chi connectivity index (χ0v) is 14.1. The number of rotatable bonds is 6. The Hall–Kier alpha value is -3.68. The highest BCUT2D eigenvalue weighted by molar-refractivity contribution is 5.97. The number of nitrogens with two attached hydrogens (primary N) is 1. The summed E-state index contributed by atoms with van der Waals surface area (Å²) in [5.41, 5.74) is 8.25. The summed E-state index contributed by atoms with van der Waals surface area (Å²) in [5, 5.41) is 6.19. The zero-order chi connectivity index (χ0) is 18.4. The predicted octanol–water partition coefficient (Wildman–Crippen LogP) is 3.12. The van der Waals surface area contributed by atoms with Gasteiger partial charge in [-0.2, -0.15) is 0 Å². The number of hydrogen-bond donors (Lipinski definition) is 3. The van der Waals surface area contributed by atoms with Gasteiger partial charge in [-0.1, -0.05) is 12.1 Å². The van der Waals surface area contributed by atoms with Gasteiger partial charge in [0, 0.05) is 18.1 Å². The van der Waals surface area contributed by atoms with E-state index in [0.717, 1.165) is 5.69 Å². The summed E-state index contributed by atoms with van der Waals surface area (Å²) in [6.45, 7) is 2.05. The minimum absolute atomic E-state index is 0.294. The molecule has 3 rings (SSSR count). The second-order valence-corrected chi connectivity index (χ2v) is 5.24. The maximum atomic E-state index is 12.1. The van der Waals surface area contributed by atoms with Gasteiger partial charge >= 0.3 is 5.97 Å². The first kappa shape index (κ1) is 17.2. The summed E-state index contributed by atoms with van der Waals surface area (Å²) in [4.78, 5) is 24.4. The molecule has 0 fully saturated rings. The molecule has 0 aliphatic carbocycles. The molecule has 0 radical (unpaired) electrons. The number of nitrogens with zero attached hydrogens (tertiary/aromatic N) is 3. The number of carbonyl (C=O) groups is 1. The second-order valence-electron chi connectivity index (χ2n) is 5.24. The van der Waals surface area contributed by atoms with Gasteiger partial charge in [-0.15, -0.1) is 0 Å². The van der Waals surface area contributed by atoms with E-state index in [9.17, 15) is 4.79 Å². The van der Waals surface area contributed by atoms with Crippen LogP contribution in [-0.2, 0) is 4.74 Å². The molecule has 0 aliphatic rings. The lowest BCUT2D eigenvalue weighted by molar-refractivity contribution is 0.0527. The van der Waals surface area contributed by atoms with Gasteiger partial charge in [0.2, 0.25) is 0 Å². The van der Waals surface area contributed by atoms with Gasteiger partial charge in [-0.25, -0.2) is 14.8 Å². The van der Waals surface area contributed by atoms with Crippen molar-refractivity contribution in [1.29, 1.82) is 0 Å². The number of anilines is 5. The molecule has 8 heteroatoms. The average molecular weight is 350 g/mol. The van der Waals surface area contributed by atoms with Crippen LogP contribution < -0.4 is 16.4 Å². The lowest BCUT2D eigenvalue weighted by Crippen LogP contribution is -2.10. The number of pyridine rings is 1. The van der Waals surface area contributed by atoms with Crippen molar-refractivity contribution >= 4 is 34.7 Å². The molecule has 2 heterocycles. The van der Waals surface area contributed by atoms with Crippen molar-refractivity contribution in [2.45, 2.75) is 6.92 Å². The molecule has 0 amide bonds. The van der Waals surface area contributed by atoms with Gasteiger partial charge < -0.3 is 21.1 Å². The van der Waals surface area contributed by atoms with Crippen molar-refractivity contribution in [2.24, 2.45) is 0 Å². The number of benzene rings is 1. The van der Waals surface area contributed by atoms with Crippen LogP contribution in [0.4, 0.5) is 28.7 Å². The smallest absolute Gasteiger partial charge is 0.340 e. The molecule has 8 nitrogen and oxygen atoms in total. The monoisotopic (exact) mass is 350 g/mol. The van der Waals surface area contributed by atoms with Crippen molar-refractivity contribution in [1.82, 2.24) is 15.0 Å². The zero-order valence-electron chi connectivity index (χ0n) is 14.1. The van der Waals surface area contributed by atoms with E-state index in [0.29, 0.717) is 35.2 Å². The molecule has 3 aromatic rings. The number of nitrogen functional groups attached to an aromatic ring is 1. The van der Waals surface area contributed by atoms with Gasteiger partial charge in [0.25, 0.3) is 0 Å². The van der Waals surface area contributed by atoms with E-state index in [1.54, 1.807) is 55.7 Å². The Morgan fingerprint density at radius 1 is 1.08 bits per heavy atom. The molecule has 132 valence electrons. The molecule has 0 saturated heterocycles. The third-order valence-electron chi connectivity index (χ3n) is 3.50. The summed E-state index contributed by atoms with van der Waals surface area (Å²) in [6, 6.07) is 10.6. The number of hydrogen-bond acceptors (Lipinski definition) is 8. The molecule has 0 bridgehead atoms. The Balaban J connectivity index is 1.88. The van der Waals surface area contributed by atoms with Crippen LogP contribution in [0.3, 0.4) is 0 Å². The Labute approximate surface area is 150 Å². The topological polar surface area (TPSA) is 115 Å². The highest BCUT2D eigenvalue weighted by atomic mass is 16.5. The lowest BCUT2D eigenvalue weighted by atomic mass is 10.2. The van der Waals surface area contributed by atoms with Crippen LogP contribution in [0, 0.1) is 0 Å². The summed E-state index contributed by atoms with van der Waals surface area (Å²) in [7, 11) is 0. The SMILES string of the molecule is CCOC(=O)c1ccccc1Nc1ncnc(Nc2ccncc2)c1N. The molecular weight excluding hydrogens is 332 g/mol. The first-order chi connectivity index (χ1) is 12.7. The van der Waals surface area contributed by atoms with Crippen LogP contribution in [0.2, 0.25) is 0 Å². The van der Waals surface area contributed by atoms with E-state index >= 15 is 0 Å². The first-order valence-corrected chi connectivity index (χ1v) is 7.99. The summed E-state index contributed by atoms with van der Waals surface area (Å²) in [6.07, 6.45) is 4.71. The highest BCUT2D eigenvalue weighted by Crippen LogP contribution is 2.29. The highest BCUT2D eigenvalue weighted by Gasteiger charge is 2.15. The fraction of sp³-hybridized carbons (Fsp3) is 0.111. The van der Waals surface area contributed by atoms with Crippen LogP contribution in [0.1, 0.15) is 17.3 Å². The number of esters is 1. The summed E-state index contributed by atoms with van der Waals surface area (Å²) < 4.78 is 5.08. The van der Waals surface area contributed by atoms with Gasteiger partial charge in [0.05, 0.1) is 17.9 Å². The molecular formula is C18H18N6O2. The minimum atomic E-state index is -0.418. The van der Waals surface area contributed by atoms with Crippen molar-refractivity contribution in [2.75, 3.05) is 23.0 Å². The molecule has 26 heavy (non-hydrogen) atoms. The number of ether oxygens (including phenoxy) is 1. The Morgan fingerprint density at radius 2 is 1.77 bits per heavy atom. The van der Waals surface area contributed by atoms with Crippen LogP contribution in [-0.4, -0.2) is 27.5 Å².